The third kappa shape index (κ3) is 4.38. The van der Waals surface area contributed by atoms with Gasteiger partial charge < -0.3 is 10.4 Å². The lowest BCUT2D eigenvalue weighted by Crippen LogP contribution is -2.34. The molecule has 0 saturated heterocycles. The first-order valence-corrected chi connectivity index (χ1v) is 10.5. The highest BCUT2D eigenvalue weighted by Crippen LogP contribution is 2.28. The van der Waals surface area contributed by atoms with E-state index in [2.05, 4.69) is 10.3 Å². The molecule has 2 heterocycles. The van der Waals surface area contributed by atoms with E-state index >= 15 is 0 Å². The number of ketones is 1. The number of anilines is 2. The summed E-state index contributed by atoms with van der Waals surface area (Å²) in [5, 5.41) is 12.9. The Balaban J connectivity index is 1.63. The first kappa shape index (κ1) is 21.6. The molecule has 0 radical (unpaired) electrons. The van der Waals surface area contributed by atoms with Crippen LogP contribution in [0.15, 0.2) is 54.7 Å². The zero-order valence-corrected chi connectivity index (χ0v) is 17.8. The first-order chi connectivity index (χ1) is 15.5. The van der Waals surface area contributed by atoms with Crippen molar-refractivity contribution in [3.63, 3.8) is 0 Å². The fourth-order valence-corrected chi connectivity index (χ4v) is 4.02. The number of hydrogen-bond acceptors (Lipinski definition) is 5. The SMILES string of the molecule is CC(=O)c1cc(Cc2ccnc(N(CCO)C(=O)c3cccc4c3CCN4)c2)ccc1F. The van der Waals surface area contributed by atoms with Gasteiger partial charge in [-0.1, -0.05) is 12.1 Å². The smallest absolute Gasteiger partial charge is 0.259 e. The summed E-state index contributed by atoms with van der Waals surface area (Å²) in [5.74, 6) is -0.658. The lowest BCUT2D eigenvalue weighted by atomic mass is 10.0. The van der Waals surface area contributed by atoms with E-state index in [4.69, 9.17) is 0 Å². The third-order valence-electron chi connectivity index (χ3n) is 5.57. The Kier molecular flexibility index (Phi) is 6.28. The van der Waals surface area contributed by atoms with Gasteiger partial charge in [0, 0.05) is 24.0 Å². The quantitative estimate of drug-likeness (QED) is 0.556. The zero-order valence-electron chi connectivity index (χ0n) is 17.8. The van der Waals surface area contributed by atoms with Gasteiger partial charge >= 0.3 is 0 Å². The number of rotatable bonds is 7. The highest BCUT2D eigenvalue weighted by molar-refractivity contribution is 6.07. The molecule has 1 aromatic heterocycles. The highest BCUT2D eigenvalue weighted by atomic mass is 19.1. The Morgan fingerprint density at radius 1 is 1.12 bits per heavy atom. The monoisotopic (exact) mass is 433 g/mol. The fourth-order valence-electron chi connectivity index (χ4n) is 4.02. The molecule has 1 amide bonds. The van der Waals surface area contributed by atoms with Crippen molar-refractivity contribution in [3.8, 4) is 0 Å². The number of aromatic nitrogens is 1. The maximum absolute atomic E-state index is 13.9. The molecule has 0 fully saturated rings. The van der Waals surface area contributed by atoms with Crippen molar-refractivity contribution in [2.45, 2.75) is 19.8 Å². The van der Waals surface area contributed by atoms with Crippen LogP contribution in [0.4, 0.5) is 15.9 Å². The molecule has 32 heavy (non-hydrogen) atoms. The molecule has 3 aromatic rings. The number of nitrogens with zero attached hydrogens (tertiary/aromatic N) is 2. The molecule has 4 rings (SSSR count). The molecule has 0 saturated carbocycles. The van der Waals surface area contributed by atoms with Crippen LogP contribution in [0.1, 0.15) is 44.3 Å². The normalized spacial score (nSPS) is 12.2. The molecule has 0 aliphatic carbocycles. The van der Waals surface area contributed by atoms with E-state index in [1.54, 1.807) is 30.5 Å². The van der Waals surface area contributed by atoms with Gasteiger partial charge in [-0.15, -0.1) is 0 Å². The van der Waals surface area contributed by atoms with Gasteiger partial charge in [0.15, 0.2) is 5.78 Å². The molecular formula is C25H24FN3O3. The molecule has 1 aliphatic rings. The molecule has 7 heteroatoms. The van der Waals surface area contributed by atoms with Gasteiger partial charge in [0.25, 0.3) is 5.91 Å². The predicted octanol–water partition coefficient (Wildman–Crippen LogP) is 3.62. The molecule has 0 atom stereocenters. The molecule has 0 spiro atoms. The Bertz CT molecular complexity index is 1180. The minimum Gasteiger partial charge on any atom is -0.395 e. The minimum absolute atomic E-state index is 0.0559. The van der Waals surface area contributed by atoms with Crippen molar-refractivity contribution in [2.24, 2.45) is 0 Å². The second-order valence-corrected chi connectivity index (χ2v) is 7.76. The number of aliphatic hydroxyl groups is 1. The largest absolute Gasteiger partial charge is 0.395 e. The molecule has 164 valence electrons. The van der Waals surface area contributed by atoms with Crippen molar-refractivity contribution in [1.82, 2.24) is 4.98 Å². The molecule has 0 bridgehead atoms. The topological polar surface area (TPSA) is 82.5 Å². The van der Waals surface area contributed by atoms with E-state index in [1.165, 1.54) is 17.9 Å². The Labute approximate surface area is 185 Å². The number of nitrogens with one attached hydrogen (secondary N) is 1. The molecular weight excluding hydrogens is 409 g/mol. The first-order valence-electron chi connectivity index (χ1n) is 10.5. The van der Waals surface area contributed by atoms with Crippen molar-refractivity contribution >= 4 is 23.2 Å². The molecule has 2 aromatic carbocycles. The Morgan fingerprint density at radius 3 is 2.72 bits per heavy atom. The van der Waals surface area contributed by atoms with Gasteiger partial charge in [-0.2, -0.15) is 0 Å². The second kappa shape index (κ2) is 9.28. The number of Topliss-reactive ketones (excluding diaryl/α,β-unsaturated/α-hetero) is 1. The van der Waals surface area contributed by atoms with Crippen LogP contribution < -0.4 is 10.2 Å². The van der Waals surface area contributed by atoms with Crippen molar-refractivity contribution in [2.75, 3.05) is 29.9 Å². The molecule has 6 nitrogen and oxygen atoms in total. The number of fused-ring (bicyclic) bond motifs is 1. The van der Waals surface area contributed by atoms with Gasteiger partial charge in [-0.05, 0) is 72.9 Å². The van der Waals surface area contributed by atoms with E-state index < -0.39 is 5.82 Å². The van der Waals surface area contributed by atoms with E-state index in [0.29, 0.717) is 17.8 Å². The van der Waals surface area contributed by atoms with Gasteiger partial charge in [0.05, 0.1) is 18.7 Å². The summed E-state index contributed by atoms with van der Waals surface area (Å²) in [5.41, 5.74) is 4.21. The standard InChI is InChI=1S/C25H24FN3O3/c1-16(31)21-14-17(5-6-22(21)26)13-18-7-9-28-24(15-18)29(11-12-30)25(32)20-3-2-4-23-19(20)8-10-27-23/h2-7,9,14-15,27,30H,8,10-13H2,1H3. The highest BCUT2D eigenvalue weighted by Gasteiger charge is 2.24. The van der Waals surface area contributed by atoms with Crippen LogP contribution in [0.2, 0.25) is 0 Å². The summed E-state index contributed by atoms with van der Waals surface area (Å²) < 4.78 is 13.9. The predicted molar refractivity (Wildman–Crippen MR) is 121 cm³/mol. The average Bonchev–Trinajstić information content (AvgIpc) is 3.27. The lowest BCUT2D eigenvalue weighted by molar-refractivity contribution is 0.0977. The van der Waals surface area contributed by atoms with Crippen LogP contribution in [0.25, 0.3) is 0 Å². The third-order valence-corrected chi connectivity index (χ3v) is 5.57. The summed E-state index contributed by atoms with van der Waals surface area (Å²) >= 11 is 0. The van der Waals surface area contributed by atoms with Crippen LogP contribution in [0.5, 0.6) is 0 Å². The van der Waals surface area contributed by atoms with Gasteiger partial charge in [0.1, 0.15) is 11.6 Å². The number of carbonyl (C=O) groups excluding carboxylic acids is 2. The summed E-state index contributed by atoms with van der Waals surface area (Å²) in [6, 6.07) is 13.7. The lowest BCUT2D eigenvalue weighted by Gasteiger charge is -2.22. The zero-order chi connectivity index (χ0) is 22.7. The fraction of sp³-hybridized carbons (Fsp3) is 0.240. The van der Waals surface area contributed by atoms with Gasteiger partial charge in [-0.3, -0.25) is 14.5 Å². The van der Waals surface area contributed by atoms with Crippen LogP contribution in [0, 0.1) is 5.82 Å². The van der Waals surface area contributed by atoms with E-state index in [-0.39, 0.29) is 30.4 Å². The summed E-state index contributed by atoms with van der Waals surface area (Å²) in [7, 11) is 0. The van der Waals surface area contributed by atoms with Gasteiger partial charge in [-0.25, -0.2) is 9.37 Å². The van der Waals surface area contributed by atoms with Crippen molar-refractivity contribution < 1.29 is 19.1 Å². The van der Waals surface area contributed by atoms with Crippen LogP contribution >= 0.6 is 0 Å². The molecule has 0 unspecified atom stereocenters. The van der Waals surface area contributed by atoms with E-state index in [9.17, 15) is 19.1 Å². The van der Waals surface area contributed by atoms with E-state index in [0.717, 1.165) is 35.3 Å². The summed E-state index contributed by atoms with van der Waals surface area (Å²) in [6.07, 6.45) is 2.82. The van der Waals surface area contributed by atoms with Crippen molar-refractivity contribution in [3.05, 3.63) is 88.4 Å². The number of hydrogen-bond donors (Lipinski definition) is 2. The Hall–Kier alpha value is -3.58. The number of halogens is 1. The maximum atomic E-state index is 13.9. The van der Waals surface area contributed by atoms with Crippen LogP contribution in [0.3, 0.4) is 0 Å². The number of benzene rings is 2. The number of carbonyl (C=O) groups is 2. The van der Waals surface area contributed by atoms with Crippen LogP contribution in [-0.4, -0.2) is 41.5 Å². The summed E-state index contributed by atoms with van der Waals surface area (Å²) in [4.78, 5) is 30.9. The van der Waals surface area contributed by atoms with Crippen LogP contribution in [-0.2, 0) is 12.8 Å². The molecule has 1 aliphatic heterocycles. The van der Waals surface area contributed by atoms with Crippen molar-refractivity contribution in [1.29, 1.82) is 0 Å². The number of aliphatic hydroxyl groups excluding tert-OH is 1. The number of pyridine rings is 1. The average molecular weight is 433 g/mol. The second-order valence-electron chi connectivity index (χ2n) is 7.76. The minimum atomic E-state index is -0.540. The molecule has 2 N–H and O–H groups in total. The maximum Gasteiger partial charge on any atom is 0.259 e. The summed E-state index contributed by atoms with van der Waals surface area (Å²) in [6.45, 7) is 2.02. The van der Waals surface area contributed by atoms with E-state index in [1.807, 2.05) is 18.2 Å². The Morgan fingerprint density at radius 2 is 1.94 bits per heavy atom. The van der Waals surface area contributed by atoms with Gasteiger partial charge in [0.2, 0.25) is 0 Å². The number of amides is 1.